The van der Waals surface area contributed by atoms with E-state index in [1.54, 1.807) is 13.0 Å². The van der Waals surface area contributed by atoms with Crippen LogP contribution in [-0.2, 0) is 10.3 Å². The van der Waals surface area contributed by atoms with Gasteiger partial charge in [0.1, 0.15) is 5.60 Å². The van der Waals surface area contributed by atoms with Crippen LogP contribution in [0.15, 0.2) is 24.3 Å². The fourth-order valence-electron chi connectivity index (χ4n) is 3.46. The third-order valence-corrected chi connectivity index (χ3v) is 4.58. The molecular formula is C16H22ClNO3. The first-order chi connectivity index (χ1) is 9.95. The molecular weight excluding hydrogens is 290 g/mol. The standard InChI is InChI=1S/C16H22ClNO3/c1-11(19)10-12-6-4-5-9-16(12,21-15(18)20)13-7-2-3-8-14(13)17/h2-3,7-8,11-12,19H,4-6,9-10H2,1H3,(H2,18,20)/t11?,12-,16-/m1/s1. The summed E-state index contributed by atoms with van der Waals surface area (Å²) in [4.78, 5) is 11.5. The molecule has 21 heavy (non-hydrogen) atoms. The summed E-state index contributed by atoms with van der Waals surface area (Å²) in [7, 11) is 0. The second-order valence-electron chi connectivity index (χ2n) is 5.82. The van der Waals surface area contributed by atoms with Gasteiger partial charge in [-0.3, -0.25) is 0 Å². The summed E-state index contributed by atoms with van der Waals surface area (Å²) >= 11 is 6.34. The van der Waals surface area contributed by atoms with Crippen molar-refractivity contribution in [2.75, 3.05) is 0 Å². The Morgan fingerprint density at radius 2 is 2.24 bits per heavy atom. The van der Waals surface area contributed by atoms with Crippen molar-refractivity contribution < 1.29 is 14.6 Å². The Bertz CT molecular complexity index is 506. The van der Waals surface area contributed by atoms with Gasteiger partial charge >= 0.3 is 6.09 Å². The Kier molecular flexibility index (Phi) is 5.12. The van der Waals surface area contributed by atoms with Crippen molar-refractivity contribution in [2.24, 2.45) is 11.7 Å². The summed E-state index contributed by atoms with van der Waals surface area (Å²) in [5, 5.41) is 10.3. The highest BCUT2D eigenvalue weighted by molar-refractivity contribution is 6.31. The number of amides is 1. The third kappa shape index (κ3) is 3.50. The number of hydrogen-bond donors (Lipinski definition) is 2. The molecule has 3 atom stereocenters. The molecule has 1 unspecified atom stereocenters. The molecule has 1 amide bonds. The fourth-order valence-corrected chi connectivity index (χ4v) is 3.76. The van der Waals surface area contributed by atoms with Crippen molar-refractivity contribution in [3.8, 4) is 0 Å². The molecule has 1 saturated carbocycles. The lowest BCUT2D eigenvalue weighted by Crippen LogP contribution is -2.45. The highest BCUT2D eigenvalue weighted by Gasteiger charge is 2.46. The second kappa shape index (κ2) is 6.67. The Morgan fingerprint density at radius 3 is 2.86 bits per heavy atom. The molecule has 116 valence electrons. The minimum Gasteiger partial charge on any atom is -0.438 e. The van der Waals surface area contributed by atoms with E-state index < -0.39 is 17.8 Å². The summed E-state index contributed by atoms with van der Waals surface area (Å²) < 4.78 is 5.60. The normalized spacial score (nSPS) is 27.1. The molecule has 4 nitrogen and oxygen atoms in total. The van der Waals surface area contributed by atoms with E-state index in [9.17, 15) is 9.90 Å². The molecule has 1 aromatic carbocycles. The van der Waals surface area contributed by atoms with E-state index in [4.69, 9.17) is 22.1 Å². The van der Waals surface area contributed by atoms with Gasteiger partial charge in [0, 0.05) is 16.5 Å². The Morgan fingerprint density at radius 1 is 1.52 bits per heavy atom. The number of halogens is 1. The number of aliphatic hydroxyl groups excluding tert-OH is 1. The third-order valence-electron chi connectivity index (χ3n) is 4.25. The van der Waals surface area contributed by atoms with Crippen molar-refractivity contribution in [2.45, 2.75) is 50.7 Å². The molecule has 1 aliphatic carbocycles. The van der Waals surface area contributed by atoms with Crippen LogP contribution >= 0.6 is 11.6 Å². The van der Waals surface area contributed by atoms with E-state index in [0.717, 1.165) is 24.8 Å². The average Bonchev–Trinajstić information content (AvgIpc) is 2.40. The smallest absolute Gasteiger partial charge is 0.405 e. The number of carbonyl (C=O) groups is 1. The maximum absolute atomic E-state index is 11.5. The van der Waals surface area contributed by atoms with Crippen molar-refractivity contribution in [3.05, 3.63) is 34.9 Å². The molecule has 2 rings (SSSR count). The van der Waals surface area contributed by atoms with E-state index >= 15 is 0 Å². The molecule has 0 spiro atoms. The number of nitrogens with two attached hydrogens (primary N) is 1. The zero-order chi connectivity index (χ0) is 15.5. The number of hydrogen-bond acceptors (Lipinski definition) is 3. The van der Waals surface area contributed by atoms with E-state index in [1.807, 2.05) is 18.2 Å². The fraction of sp³-hybridized carbons (Fsp3) is 0.562. The van der Waals surface area contributed by atoms with Crippen LogP contribution in [0.5, 0.6) is 0 Å². The molecule has 0 heterocycles. The molecule has 0 radical (unpaired) electrons. The number of primary amides is 1. The molecule has 0 bridgehead atoms. The summed E-state index contributed by atoms with van der Waals surface area (Å²) in [6.45, 7) is 1.75. The predicted octanol–water partition coefficient (Wildman–Crippen LogP) is 3.59. The Hall–Kier alpha value is -1.26. The molecule has 1 aromatic rings. The van der Waals surface area contributed by atoms with E-state index in [1.165, 1.54) is 0 Å². The lowest BCUT2D eigenvalue weighted by Gasteiger charge is -2.44. The van der Waals surface area contributed by atoms with Crippen LogP contribution in [-0.4, -0.2) is 17.3 Å². The highest BCUT2D eigenvalue weighted by atomic mass is 35.5. The summed E-state index contributed by atoms with van der Waals surface area (Å²) in [6.07, 6.45) is 2.83. The van der Waals surface area contributed by atoms with Crippen LogP contribution in [0.3, 0.4) is 0 Å². The first-order valence-corrected chi connectivity index (χ1v) is 7.75. The maximum atomic E-state index is 11.5. The maximum Gasteiger partial charge on any atom is 0.405 e. The van der Waals surface area contributed by atoms with Crippen LogP contribution in [0, 0.1) is 5.92 Å². The molecule has 0 aromatic heterocycles. The van der Waals surface area contributed by atoms with Gasteiger partial charge in [-0.2, -0.15) is 0 Å². The van der Waals surface area contributed by atoms with Crippen molar-refractivity contribution in [1.82, 2.24) is 0 Å². The van der Waals surface area contributed by atoms with Crippen molar-refractivity contribution >= 4 is 17.7 Å². The van der Waals surface area contributed by atoms with Crippen LogP contribution in [0.4, 0.5) is 4.79 Å². The van der Waals surface area contributed by atoms with Crippen molar-refractivity contribution in [3.63, 3.8) is 0 Å². The SMILES string of the molecule is CC(O)C[C@H]1CCCC[C@]1(OC(N)=O)c1ccccc1Cl. The second-order valence-corrected chi connectivity index (χ2v) is 6.23. The van der Waals surface area contributed by atoms with Crippen LogP contribution in [0.1, 0.15) is 44.6 Å². The molecule has 0 saturated heterocycles. The van der Waals surface area contributed by atoms with Gasteiger partial charge in [-0.1, -0.05) is 36.2 Å². The van der Waals surface area contributed by atoms with Crippen LogP contribution in [0.2, 0.25) is 5.02 Å². The Labute approximate surface area is 130 Å². The zero-order valence-corrected chi connectivity index (χ0v) is 13.0. The lowest BCUT2D eigenvalue weighted by molar-refractivity contribution is -0.0748. The number of aliphatic hydroxyl groups is 1. The highest BCUT2D eigenvalue weighted by Crippen LogP contribution is 2.48. The summed E-state index contributed by atoms with van der Waals surface area (Å²) in [5.41, 5.74) is 5.28. The molecule has 1 fully saturated rings. The van der Waals surface area contributed by atoms with Gasteiger partial charge in [0.15, 0.2) is 0 Å². The first-order valence-electron chi connectivity index (χ1n) is 7.37. The number of carbonyl (C=O) groups excluding carboxylic acids is 1. The van der Waals surface area contributed by atoms with Crippen molar-refractivity contribution in [1.29, 1.82) is 0 Å². The monoisotopic (exact) mass is 311 g/mol. The van der Waals surface area contributed by atoms with Gasteiger partial charge in [0.2, 0.25) is 0 Å². The molecule has 1 aliphatic rings. The average molecular weight is 312 g/mol. The van der Waals surface area contributed by atoms with Gasteiger partial charge in [0.05, 0.1) is 6.10 Å². The minimum absolute atomic E-state index is 0.0126. The van der Waals surface area contributed by atoms with Crippen LogP contribution in [0.25, 0.3) is 0 Å². The lowest BCUT2D eigenvalue weighted by atomic mass is 9.69. The number of ether oxygens (including phenoxy) is 1. The minimum atomic E-state index is -0.834. The zero-order valence-electron chi connectivity index (χ0n) is 12.2. The van der Waals surface area contributed by atoms with E-state index in [0.29, 0.717) is 17.9 Å². The molecule has 5 heteroatoms. The number of rotatable bonds is 4. The van der Waals surface area contributed by atoms with Gasteiger partial charge in [-0.05, 0) is 38.7 Å². The summed E-state index contributed by atoms with van der Waals surface area (Å²) in [6, 6.07) is 7.39. The van der Waals surface area contributed by atoms with Gasteiger partial charge in [0.25, 0.3) is 0 Å². The van der Waals surface area contributed by atoms with Crippen LogP contribution < -0.4 is 5.73 Å². The largest absolute Gasteiger partial charge is 0.438 e. The van der Waals surface area contributed by atoms with E-state index in [2.05, 4.69) is 0 Å². The van der Waals surface area contributed by atoms with E-state index in [-0.39, 0.29) is 5.92 Å². The Balaban J connectivity index is 2.48. The topological polar surface area (TPSA) is 72.6 Å². The summed E-state index contributed by atoms with van der Waals surface area (Å²) in [5.74, 6) is 0.0126. The quantitative estimate of drug-likeness (QED) is 0.892. The van der Waals surface area contributed by atoms with Gasteiger partial charge < -0.3 is 15.6 Å². The number of benzene rings is 1. The van der Waals surface area contributed by atoms with Gasteiger partial charge in [-0.25, -0.2) is 4.79 Å². The molecule has 0 aliphatic heterocycles. The van der Waals surface area contributed by atoms with Gasteiger partial charge in [-0.15, -0.1) is 0 Å². The first kappa shape index (κ1) is 16.1. The predicted molar refractivity (Wildman–Crippen MR) is 82.1 cm³/mol. The molecule has 3 N–H and O–H groups in total.